The van der Waals surface area contributed by atoms with Crippen LogP contribution < -0.4 is 10.2 Å². The Kier molecular flexibility index (Phi) is 6.20. The van der Waals surface area contributed by atoms with Crippen LogP contribution in [-0.4, -0.2) is 18.2 Å². The van der Waals surface area contributed by atoms with Crippen LogP contribution in [-0.2, 0) is 4.79 Å². The molecule has 1 saturated carbocycles. The van der Waals surface area contributed by atoms with Gasteiger partial charge >= 0.3 is 0 Å². The fourth-order valence-electron chi connectivity index (χ4n) is 2.89. The van der Waals surface area contributed by atoms with Gasteiger partial charge in [0, 0.05) is 5.71 Å². The van der Waals surface area contributed by atoms with Crippen LogP contribution >= 0.6 is 0 Å². The SMILES string of the molecule is Cc1ccc(C(C)C)c(OCC(=O)N/N=C2/CCCC[C@H]2C)c1. The molecule has 1 aliphatic carbocycles. The summed E-state index contributed by atoms with van der Waals surface area (Å²) in [4.78, 5) is 12.0. The third-order valence-corrected chi connectivity index (χ3v) is 4.36. The van der Waals surface area contributed by atoms with E-state index in [0.29, 0.717) is 11.8 Å². The van der Waals surface area contributed by atoms with Gasteiger partial charge < -0.3 is 4.74 Å². The van der Waals surface area contributed by atoms with Gasteiger partial charge in [-0.25, -0.2) is 5.43 Å². The monoisotopic (exact) mass is 316 g/mol. The van der Waals surface area contributed by atoms with Crippen molar-refractivity contribution in [3.63, 3.8) is 0 Å². The standard InChI is InChI=1S/C19H28N2O2/c1-13(2)16-10-9-14(3)11-18(16)23-12-19(22)21-20-17-8-6-5-7-15(17)4/h9-11,13,15H,5-8,12H2,1-4H3,(H,21,22)/b20-17-/t15-/m1/s1. The van der Waals surface area contributed by atoms with Gasteiger partial charge in [-0.1, -0.05) is 39.3 Å². The Morgan fingerprint density at radius 2 is 2.17 bits per heavy atom. The van der Waals surface area contributed by atoms with E-state index in [1.54, 1.807) is 0 Å². The van der Waals surface area contributed by atoms with E-state index in [4.69, 9.17) is 4.74 Å². The summed E-state index contributed by atoms with van der Waals surface area (Å²) in [7, 11) is 0. The maximum Gasteiger partial charge on any atom is 0.277 e. The second-order valence-corrected chi connectivity index (χ2v) is 6.77. The number of hydrazone groups is 1. The van der Waals surface area contributed by atoms with Crippen LogP contribution in [0.15, 0.2) is 23.3 Å². The first kappa shape index (κ1) is 17.5. The van der Waals surface area contributed by atoms with Crippen molar-refractivity contribution < 1.29 is 9.53 Å². The number of amides is 1. The Hall–Kier alpha value is -1.84. The third kappa shape index (κ3) is 5.08. The van der Waals surface area contributed by atoms with Crippen molar-refractivity contribution in [1.82, 2.24) is 5.43 Å². The minimum atomic E-state index is -0.202. The molecule has 2 rings (SSSR count). The van der Waals surface area contributed by atoms with Crippen LogP contribution in [0.1, 0.15) is 63.5 Å². The molecule has 0 aliphatic heterocycles. The molecule has 1 amide bonds. The Balaban J connectivity index is 1.92. The van der Waals surface area contributed by atoms with Crippen LogP contribution in [0.2, 0.25) is 0 Å². The van der Waals surface area contributed by atoms with Crippen LogP contribution in [0.3, 0.4) is 0 Å². The Morgan fingerprint density at radius 1 is 1.39 bits per heavy atom. The summed E-state index contributed by atoms with van der Waals surface area (Å²) in [5, 5.41) is 4.29. The van der Waals surface area contributed by atoms with Gasteiger partial charge in [0.15, 0.2) is 6.61 Å². The van der Waals surface area contributed by atoms with Gasteiger partial charge in [0.1, 0.15) is 5.75 Å². The second-order valence-electron chi connectivity index (χ2n) is 6.77. The van der Waals surface area contributed by atoms with Crippen molar-refractivity contribution in [1.29, 1.82) is 0 Å². The molecule has 1 aromatic rings. The van der Waals surface area contributed by atoms with Crippen molar-refractivity contribution in [2.45, 2.75) is 59.3 Å². The van der Waals surface area contributed by atoms with E-state index < -0.39 is 0 Å². The van der Waals surface area contributed by atoms with Crippen molar-refractivity contribution in [3.8, 4) is 5.75 Å². The number of nitrogens with one attached hydrogen (secondary N) is 1. The molecule has 1 fully saturated rings. The smallest absolute Gasteiger partial charge is 0.277 e. The van der Waals surface area contributed by atoms with Crippen molar-refractivity contribution >= 4 is 11.6 Å². The van der Waals surface area contributed by atoms with E-state index in [1.807, 2.05) is 13.0 Å². The van der Waals surface area contributed by atoms with Crippen molar-refractivity contribution in [2.75, 3.05) is 6.61 Å². The molecule has 4 nitrogen and oxygen atoms in total. The topological polar surface area (TPSA) is 50.7 Å². The lowest BCUT2D eigenvalue weighted by molar-refractivity contribution is -0.123. The van der Waals surface area contributed by atoms with Crippen LogP contribution in [0.25, 0.3) is 0 Å². The van der Waals surface area contributed by atoms with E-state index in [0.717, 1.165) is 41.9 Å². The van der Waals surface area contributed by atoms with E-state index in [-0.39, 0.29) is 12.5 Å². The fraction of sp³-hybridized carbons (Fsp3) is 0.579. The highest BCUT2D eigenvalue weighted by Crippen LogP contribution is 2.27. The number of nitrogens with zero attached hydrogens (tertiary/aromatic N) is 1. The molecule has 0 aromatic heterocycles. The second kappa shape index (κ2) is 8.14. The lowest BCUT2D eigenvalue weighted by Gasteiger charge is -2.20. The third-order valence-electron chi connectivity index (χ3n) is 4.36. The molecule has 0 bridgehead atoms. The molecule has 0 radical (unpaired) electrons. The van der Waals surface area contributed by atoms with Crippen LogP contribution in [0.4, 0.5) is 0 Å². The number of carbonyl (C=O) groups excluding carboxylic acids is 1. The molecule has 0 spiro atoms. The number of hydrogen-bond acceptors (Lipinski definition) is 3. The molecule has 1 atom stereocenters. The van der Waals surface area contributed by atoms with Crippen molar-refractivity contribution in [2.24, 2.45) is 11.0 Å². The van der Waals surface area contributed by atoms with Gasteiger partial charge in [-0.3, -0.25) is 4.79 Å². The summed E-state index contributed by atoms with van der Waals surface area (Å²) >= 11 is 0. The maximum absolute atomic E-state index is 12.0. The van der Waals surface area contributed by atoms with E-state index in [9.17, 15) is 4.79 Å². The van der Waals surface area contributed by atoms with Gasteiger partial charge in [0.2, 0.25) is 0 Å². The molecule has 0 unspecified atom stereocenters. The Morgan fingerprint density at radius 3 is 2.87 bits per heavy atom. The number of ether oxygens (including phenoxy) is 1. The Labute approximate surface area is 139 Å². The zero-order chi connectivity index (χ0) is 16.8. The number of aryl methyl sites for hydroxylation is 1. The first-order chi connectivity index (χ1) is 11.0. The molecule has 1 aromatic carbocycles. The highest BCUT2D eigenvalue weighted by molar-refractivity contribution is 5.88. The summed E-state index contributed by atoms with van der Waals surface area (Å²) < 4.78 is 5.73. The highest BCUT2D eigenvalue weighted by Gasteiger charge is 2.16. The zero-order valence-corrected chi connectivity index (χ0v) is 14.7. The number of rotatable bonds is 5. The summed E-state index contributed by atoms with van der Waals surface area (Å²) in [6, 6.07) is 6.12. The highest BCUT2D eigenvalue weighted by atomic mass is 16.5. The van der Waals surface area contributed by atoms with E-state index >= 15 is 0 Å². The van der Waals surface area contributed by atoms with E-state index in [1.165, 1.54) is 6.42 Å². The molecular weight excluding hydrogens is 288 g/mol. The predicted octanol–water partition coefficient (Wildman–Crippen LogP) is 4.18. The average Bonchev–Trinajstić information content (AvgIpc) is 2.52. The zero-order valence-electron chi connectivity index (χ0n) is 14.7. The molecule has 23 heavy (non-hydrogen) atoms. The molecule has 1 aliphatic rings. The summed E-state index contributed by atoms with van der Waals surface area (Å²) in [6.45, 7) is 8.42. The lowest BCUT2D eigenvalue weighted by atomic mass is 9.89. The minimum Gasteiger partial charge on any atom is -0.483 e. The molecule has 4 heteroatoms. The average molecular weight is 316 g/mol. The Bertz CT molecular complexity index is 579. The summed E-state index contributed by atoms with van der Waals surface area (Å²) in [5.41, 5.74) is 5.99. The summed E-state index contributed by atoms with van der Waals surface area (Å²) in [6.07, 6.45) is 4.56. The first-order valence-electron chi connectivity index (χ1n) is 8.56. The molecule has 126 valence electrons. The van der Waals surface area contributed by atoms with Gasteiger partial charge in [0.05, 0.1) is 0 Å². The van der Waals surface area contributed by atoms with Crippen LogP contribution in [0, 0.1) is 12.8 Å². The first-order valence-corrected chi connectivity index (χ1v) is 8.56. The van der Waals surface area contributed by atoms with Gasteiger partial charge in [-0.05, 0) is 55.2 Å². The fourth-order valence-corrected chi connectivity index (χ4v) is 2.89. The quantitative estimate of drug-likeness (QED) is 0.829. The number of hydrogen-bond donors (Lipinski definition) is 1. The number of benzene rings is 1. The summed E-state index contributed by atoms with van der Waals surface area (Å²) in [5.74, 6) is 1.41. The number of carbonyl (C=O) groups is 1. The minimum absolute atomic E-state index is 0.00562. The van der Waals surface area contributed by atoms with E-state index in [2.05, 4.69) is 43.4 Å². The van der Waals surface area contributed by atoms with Gasteiger partial charge in [-0.15, -0.1) is 0 Å². The van der Waals surface area contributed by atoms with Gasteiger partial charge in [0.25, 0.3) is 5.91 Å². The predicted molar refractivity (Wildman–Crippen MR) is 94.0 cm³/mol. The molecular formula is C19H28N2O2. The largest absolute Gasteiger partial charge is 0.483 e. The normalized spacial score (nSPS) is 19.9. The lowest BCUT2D eigenvalue weighted by Crippen LogP contribution is -2.28. The van der Waals surface area contributed by atoms with Gasteiger partial charge in [-0.2, -0.15) is 5.10 Å². The van der Waals surface area contributed by atoms with Crippen molar-refractivity contribution in [3.05, 3.63) is 29.3 Å². The molecule has 0 heterocycles. The maximum atomic E-state index is 12.0. The molecule has 0 saturated heterocycles. The molecule has 1 N–H and O–H groups in total. The van der Waals surface area contributed by atoms with Crippen LogP contribution in [0.5, 0.6) is 5.75 Å².